The van der Waals surface area contributed by atoms with Crippen LogP contribution in [0.1, 0.15) is 69.3 Å². The van der Waals surface area contributed by atoms with E-state index in [4.69, 9.17) is 9.94 Å². The molecule has 4 rings (SSSR count). The Hall–Kier alpha value is -4.16. The number of Topliss-reactive ketones (excluding diaryl/α,β-unsaturated/α-hetero) is 1. The predicted molar refractivity (Wildman–Crippen MR) is 147 cm³/mol. The second-order valence-electron chi connectivity index (χ2n) is 11.1. The number of carbonyl (C=O) groups excluding carboxylic acids is 2. The molecule has 0 saturated carbocycles. The Morgan fingerprint density at radius 2 is 2.00 bits per heavy atom. The van der Waals surface area contributed by atoms with E-state index in [2.05, 4.69) is 25.4 Å². The van der Waals surface area contributed by atoms with Crippen molar-refractivity contribution in [3.8, 4) is 11.3 Å². The van der Waals surface area contributed by atoms with E-state index in [1.807, 2.05) is 0 Å². The molecule has 3 heterocycles. The zero-order chi connectivity index (χ0) is 29.9. The summed E-state index contributed by atoms with van der Waals surface area (Å²) in [5.41, 5.74) is -0.482. The van der Waals surface area contributed by atoms with Crippen LogP contribution in [0.25, 0.3) is 22.2 Å². The van der Waals surface area contributed by atoms with E-state index in [0.717, 1.165) is 6.20 Å². The smallest absolute Gasteiger partial charge is 0.419 e. The number of hydrogen-bond donors (Lipinski definition) is 3. The SMILES string of the molecule is C/C(CCC(=O)c1ccc2c(-c3nc(N[C@H]4CCCN(C(=O)OC(C)(C)C)C4)ncc3C(F)(F)F)c[nH]c2c1)=N/O. The van der Waals surface area contributed by atoms with Gasteiger partial charge in [0.05, 0.1) is 11.4 Å². The van der Waals surface area contributed by atoms with Crippen molar-refractivity contribution in [2.45, 2.75) is 71.2 Å². The molecule has 0 spiro atoms. The number of amides is 1. The van der Waals surface area contributed by atoms with Crippen LogP contribution in [0.15, 0.2) is 35.7 Å². The first kappa shape index (κ1) is 29.8. The monoisotopic (exact) mass is 574 g/mol. The Morgan fingerprint density at radius 3 is 2.68 bits per heavy atom. The summed E-state index contributed by atoms with van der Waals surface area (Å²) in [6.45, 7) is 7.74. The highest BCUT2D eigenvalue weighted by Gasteiger charge is 2.36. The molecule has 0 unspecified atom stereocenters. The second kappa shape index (κ2) is 11.8. The number of likely N-dealkylation sites (tertiary alicyclic amines) is 1. The van der Waals surface area contributed by atoms with E-state index in [1.165, 1.54) is 6.20 Å². The van der Waals surface area contributed by atoms with Crippen molar-refractivity contribution in [3.63, 3.8) is 0 Å². The number of fused-ring (bicyclic) bond motifs is 1. The summed E-state index contributed by atoms with van der Waals surface area (Å²) in [5, 5.41) is 15.4. The highest BCUT2D eigenvalue weighted by atomic mass is 19.4. The molecule has 10 nitrogen and oxygen atoms in total. The topological polar surface area (TPSA) is 133 Å². The summed E-state index contributed by atoms with van der Waals surface area (Å²) in [5.74, 6) is -0.186. The van der Waals surface area contributed by atoms with Crippen molar-refractivity contribution in [3.05, 3.63) is 41.7 Å². The highest BCUT2D eigenvalue weighted by Crippen LogP contribution is 2.39. The van der Waals surface area contributed by atoms with Crippen LogP contribution in [0.5, 0.6) is 0 Å². The minimum absolute atomic E-state index is 0.00565. The number of anilines is 1. The van der Waals surface area contributed by atoms with Crippen molar-refractivity contribution in [2.24, 2.45) is 5.16 Å². The molecule has 3 N–H and O–H groups in total. The third-order valence-corrected chi connectivity index (χ3v) is 6.64. The average molecular weight is 575 g/mol. The summed E-state index contributed by atoms with van der Waals surface area (Å²) in [6.07, 6.45) is -1.22. The third kappa shape index (κ3) is 7.33. The Bertz CT molecular complexity index is 1460. The van der Waals surface area contributed by atoms with Gasteiger partial charge < -0.3 is 25.1 Å². The number of aromatic amines is 1. The zero-order valence-electron chi connectivity index (χ0n) is 23.3. The first-order valence-electron chi connectivity index (χ1n) is 13.3. The number of aromatic nitrogens is 3. The summed E-state index contributed by atoms with van der Waals surface area (Å²) < 4.78 is 47.5. The minimum atomic E-state index is -4.71. The van der Waals surface area contributed by atoms with Gasteiger partial charge in [0.2, 0.25) is 5.95 Å². The summed E-state index contributed by atoms with van der Waals surface area (Å²) in [6, 6.07) is 4.43. The lowest BCUT2D eigenvalue weighted by Crippen LogP contribution is -2.47. The minimum Gasteiger partial charge on any atom is -0.444 e. The third-order valence-electron chi connectivity index (χ3n) is 6.64. The van der Waals surface area contributed by atoms with Gasteiger partial charge in [0.25, 0.3) is 0 Å². The summed E-state index contributed by atoms with van der Waals surface area (Å²) in [4.78, 5) is 37.8. The van der Waals surface area contributed by atoms with E-state index < -0.39 is 23.4 Å². The molecule has 1 aliphatic heterocycles. The number of alkyl halides is 3. The van der Waals surface area contributed by atoms with Gasteiger partial charge in [-0.25, -0.2) is 14.8 Å². The Kier molecular flexibility index (Phi) is 8.55. The second-order valence-corrected chi connectivity index (χ2v) is 11.1. The fraction of sp³-hybridized carbons (Fsp3) is 0.464. The standard InChI is InChI=1S/C28H33F3N6O4/c1-16(36-40)7-10-23(38)17-8-9-19-20(13-32-22(19)12-17)24-21(28(29,30)31)14-33-25(35-24)34-18-6-5-11-37(15-18)26(39)41-27(2,3)4/h8-9,12-14,18,32,40H,5-7,10-11,15H2,1-4H3,(H,33,34,35)/b36-16-/t18-/m0/s1. The number of piperidine rings is 1. The van der Waals surface area contributed by atoms with E-state index in [1.54, 1.807) is 50.8 Å². The number of H-pyrrole nitrogens is 1. The van der Waals surface area contributed by atoms with Gasteiger partial charge in [-0.1, -0.05) is 17.3 Å². The molecule has 2 aromatic heterocycles. The Morgan fingerprint density at radius 1 is 1.24 bits per heavy atom. The van der Waals surface area contributed by atoms with Crippen LogP contribution in [0.3, 0.4) is 0 Å². The van der Waals surface area contributed by atoms with Gasteiger partial charge in [-0.15, -0.1) is 0 Å². The zero-order valence-corrected chi connectivity index (χ0v) is 23.3. The lowest BCUT2D eigenvalue weighted by molar-refractivity contribution is -0.137. The Labute approximate surface area is 235 Å². The number of hydrogen-bond acceptors (Lipinski definition) is 8. The maximum atomic E-state index is 14.0. The molecular formula is C28H33F3N6O4. The van der Waals surface area contributed by atoms with Gasteiger partial charge in [0, 0.05) is 60.0 Å². The molecule has 0 bridgehead atoms. The molecule has 1 atom stereocenters. The molecular weight excluding hydrogens is 541 g/mol. The quantitative estimate of drug-likeness (QED) is 0.131. The average Bonchev–Trinajstić information content (AvgIpc) is 3.33. The number of ether oxygens (including phenoxy) is 1. The lowest BCUT2D eigenvalue weighted by Gasteiger charge is -2.34. The normalized spacial score (nSPS) is 16.6. The van der Waals surface area contributed by atoms with Crippen LogP contribution in [0.2, 0.25) is 0 Å². The van der Waals surface area contributed by atoms with Crippen LogP contribution >= 0.6 is 0 Å². The summed E-state index contributed by atoms with van der Waals surface area (Å²) in [7, 11) is 0. The fourth-order valence-corrected chi connectivity index (χ4v) is 4.62. The lowest BCUT2D eigenvalue weighted by atomic mass is 10.0. The van der Waals surface area contributed by atoms with Gasteiger partial charge in [0.15, 0.2) is 5.78 Å². The molecule has 0 radical (unpaired) electrons. The number of benzene rings is 1. The molecule has 1 saturated heterocycles. The first-order valence-corrected chi connectivity index (χ1v) is 13.3. The van der Waals surface area contributed by atoms with Gasteiger partial charge in [-0.2, -0.15) is 13.2 Å². The van der Waals surface area contributed by atoms with Gasteiger partial charge in [-0.05, 0) is 53.0 Å². The van der Waals surface area contributed by atoms with Crippen LogP contribution in [0.4, 0.5) is 23.9 Å². The first-order chi connectivity index (χ1) is 19.2. The number of nitrogens with zero attached hydrogens (tertiary/aromatic N) is 4. The van der Waals surface area contributed by atoms with Crippen molar-refractivity contribution in [2.75, 3.05) is 18.4 Å². The number of rotatable bonds is 7. The molecule has 3 aromatic rings. The number of carbonyl (C=O) groups is 2. The number of ketones is 1. The number of nitrogens with one attached hydrogen (secondary N) is 2. The van der Waals surface area contributed by atoms with E-state index in [0.29, 0.717) is 48.1 Å². The fourth-order valence-electron chi connectivity index (χ4n) is 4.62. The molecule has 41 heavy (non-hydrogen) atoms. The van der Waals surface area contributed by atoms with Crippen LogP contribution in [-0.4, -0.2) is 67.4 Å². The van der Waals surface area contributed by atoms with Gasteiger partial charge in [-0.3, -0.25) is 4.79 Å². The van der Waals surface area contributed by atoms with Crippen molar-refractivity contribution in [1.82, 2.24) is 19.9 Å². The van der Waals surface area contributed by atoms with Gasteiger partial charge in [0.1, 0.15) is 11.2 Å². The molecule has 1 aromatic carbocycles. The van der Waals surface area contributed by atoms with Gasteiger partial charge >= 0.3 is 12.3 Å². The van der Waals surface area contributed by atoms with Crippen LogP contribution in [0, 0.1) is 0 Å². The van der Waals surface area contributed by atoms with Crippen molar-refractivity contribution in [1.29, 1.82) is 0 Å². The van der Waals surface area contributed by atoms with Crippen LogP contribution in [-0.2, 0) is 10.9 Å². The molecule has 1 fully saturated rings. The van der Waals surface area contributed by atoms with E-state index in [-0.39, 0.29) is 41.9 Å². The molecule has 1 amide bonds. The maximum Gasteiger partial charge on any atom is 0.419 e. The van der Waals surface area contributed by atoms with Crippen molar-refractivity contribution >= 4 is 34.4 Å². The van der Waals surface area contributed by atoms with E-state index >= 15 is 0 Å². The molecule has 0 aliphatic carbocycles. The number of oxime groups is 1. The van der Waals surface area contributed by atoms with Crippen LogP contribution < -0.4 is 5.32 Å². The maximum absolute atomic E-state index is 14.0. The molecule has 220 valence electrons. The Balaban J connectivity index is 1.60. The molecule has 1 aliphatic rings. The highest BCUT2D eigenvalue weighted by molar-refractivity contribution is 6.03. The molecule has 13 heteroatoms. The van der Waals surface area contributed by atoms with Crippen molar-refractivity contribution < 1.29 is 32.7 Å². The predicted octanol–water partition coefficient (Wildman–Crippen LogP) is 6.27. The summed E-state index contributed by atoms with van der Waals surface area (Å²) >= 11 is 0. The number of halogens is 3. The van der Waals surface area contributed by atoms with E-state index in [9.17, 15) is 22.8 Å². The largest absolute Gasteiger partial charge is 0.444 e.